The van der Waals surface area contributed by atoms with E-state index in [-0.39, 0.29) is 24.6 Å². The Hall–Kier alpha value is -1.85. The lowest BCUT2D eigenvalue weighted by molar-refractivity contribution is 0.273. The van der Waals surface area contributed by atoms with Crippen LogP contribution in [0.1, 0.15) is 23.5 Å². The van der Waals surface area contributed by atoms with E-state index in [9.17, 15) is 13.2 Å². The zero-order chi connectivity index (χ0) is 15.9. The SMILES string of the molecule is OCCC(CNCc1cc(F)c(F)cc1F)c1ccccc1. The van der Waals surface area contributed by atoms with Gasteiger partial charge in [-0.1, -0.05) is 30.3 Å². The second kappa shape index (κ2) is 7.96. The molecule has 2 rings (SSSR count). The van der Waals surface area contributed by atoms with Gasteiger partial charge in [0.05, 0.1) is 0 Å². The van der Waals surface area contributed by atoms with Crippen LogP contribution in [-0.2, 0) is 6.54 Å². The summed E-state index contributed by atoms with van der Waals surface area (Å²) in [7, 11) is 0. The van der Waals surface area contributed by atoms with E-state index in [0.717, 1.165) is 11.6 Å². The van der Waals surface area contributed by atoms with E-state index >= 15 is 0 Å². The van der Waals surface area contributed by atoms with E-state index in [1.807, 2.05) is 30.3 Å². The van der Waals surface area contributed by atoms with E-state index < -0.39 is 17.5 Å². The van der Waals surface area contributed by atoms with Crippen LogP contribution in [0.2, 0.25) is 0 Å². The van der Waals surface area contributed by atoms with Gasteiger partial charge < -0.3 is 10.4 Å². The third kappa shape index (κ3) is 4.32. The molecule has 0 aliphatic carbocycles. The maximum Gasteiger partial charge on any atom is 0.161 e. The minimum Gasteiger partial charge on any atom is -0.396 e. The number of benzene rings is 2. The molecule has 0 saturated carbocycles. The number of rotatable bonds is 7. The summed E-state index contributed by atoms with van der Waals surface area (Å²) >= 11 is 0. The van der Waals surface area contributed by atoms with Crippen LogP contribution in [0.3, 0.4) is 0 Å². The molecule has 0 radical (unpaired) electrons. The first-order valence-corrected chi connectivity index (χ1v) is 7.11. The Bertz CT molecular complexity index is 604. The average molecular weight is 309 g/mol. The first kappa shape index (κ1) is 16.5. The topological polar surface area (TPSA) is 32.3 Å². The van der Waals surface area contributed by atoms with Gasteiger partial charge in [-0.25, -0.2) is 13.2 Å². The van der Waals surface area contributed by atoms with Gasteiger partial charge in [0.15, 0.2) is 11.6 Å². The van der Waals surface area contributed by atoms with Crippen LogP contribution in [-0.4, -0.2) is 18.3 Å². The second-order valence-electron chi connectivity index (χ2n) is 5.11. The Kier molecular flexibility index (Phi) is 5.98. The fourth-order valence-electron chi connectivity index (χ4n) is 2.35. The minimum absolute atomic E-state index is 0.0424. The minimum atomic E-state index is -1.19. The molecule has 0 fully saturated rings. The number of nitrogens with one attached hydrogen (secondary N) is 1. The van der Waals surface area contributed by atoms with E-state index in [1.54, 1.807) is 0 Å². The summed E-state index contributed by atoms with van der Waals surface area (Å²) in [6.07, 6.45) is 0.567. The number of hydrogen-bond donors (Lipinski definition) is 2. The molecule has 1 atom stereocenters. The summed E-state index contributed by atoms with van der Waals surface area (Å²) in [4.78, 5) is 0. The fourth-order valence-corrected chi connectivity index (χ4v) is 2.35. The van der Waals surface area contributed by atoms with Crippen molar-refractivity contribution in [2.45, 2.75) is 18.9 Å². The van der Waals surface area contributed by atoms with E-state index in [4.69, 9.17) is 5.11 Å². The van der Waals surface area contributed by atoms with Crippen LogP contribution in [0.15, 0.2) is 42.5 Å². The molecule has 0 spiro atoms. The van der Waals surface area contributed by atoms with E-state index in [1.165, 1.54) is 0 Å². The summed E-state index contributed by atoms with van der Waals surface area (Å²) in [5.74, 6) is -2.96. The molecule has 22 heavy (non-hydrogen) atoms. The largest absolute Gasteiger partial charge is 0.396 e. The van der Waals surface area contributed by atoms with Gasteiger partial charge in [-0.15, -0.1) is 0 Å². The lowest BCUT2D eigenvalue weighted by Gasteiger charge is -2.17. The molecule has 0 bridgehead atoms. The number of halogens is 3. The van der Waals surface area contributed by atoms with Gasteiger partial charge in [-0.3, -0.25) is 0 Å². The molecule has 2 N–H and O–H groups in total. The first-order valence-electron chi connectivity index (χ1n) is 7.11. The Balaban J connectivity index is 1.98. The third-order valence-corrected chi connectivity index (χ3v) is 3.54. The van der Waals surface area contributed by atoms with Gasteiger partial charge in [0.1, 0.15) is 5.82 Å². The van der Waals surface area contributed by atoms with Gasteiger partial charge in [0.2, 0.25) is 0 Å². The molecule has 0 aliphatic heterocycles. The molecule has 0 aliphatic rings. The molecular weight excluding hydrogens is 291 g/mol. The van der Waals surface area contributed by atoms with Gasteiger partial charge in [-0.2, -0.15) is 0 Å². The van der Waals surface area contributed by atoms with Crippen LogP contribution >= 0.6 is 0 Å². The van der Waals surface area contributed by atoms with Crippen LogP contribution in [0.5, 0.6) is 0 Å². The zero-order valence-electron chi connectivity index (χ0n) is 12.0. The van der Waals surface area contributed by atoms with Crippen molar-refractivity contribution in [1.29, 1.82) is 0 Å². The highest BCUT2D eigenvalue weighted by molar-refractivity contribution is 5.21. The van der Waals surface area contributed by atoms with Gasteiger partial charge in [0.25, 0.3) is 0 Å². The monoisotopic (exact) mass is 309 g/mol. The van der Waals surface area contributed by atoms with E-state index in [0.29, 0.717) is 19.0 Å². The van der Waals surface area contributed by atoms with Crippen molar-refractivity contribution in [1.82, 2.24) is 5.32 Å². The summed E-state index contributed by atoms with van der Waals surface area (Å²) in [5.41, 5.74) is 1.14. The van der Waals surface area contributed by atoms with Gasteiger partial charge in [0, 0.05) is 31.3 Å². The molecule has 118 valence electrons. The molecule has 0 aromatic heterocycles. The van der Waals surface area contributed by atoms with Crippen LogP contribution in [0.4, 0.5) is 13.2 Å². The Morgan fingerprint density at radius 1 is 0.955 bits per heavy atom. The van der Waals surface area contributed by atoms with Crippen molar-refractivity contribution in [3.8, 4) is 0 Å². The zero-order valence-corrected chi connectivity index (χ0v) is 12.0. The predicted molar refractivity (Wildman–Crippen MR) is 78.9 cm³/mol. The molecule has 2 nitrogen and oxygen atoms in total. The van der Waals surface area contributed by atoms with Gasteiger partial charge >= 0.3 is 0 Å². The van der Waals surface area contributed by atoms with Crippen LogP contribution < -0.4 is 5.32 Å². The average Bonchev–Trinajstić information content (AvgIpc) is 2.52. The normalized spacial score (nSPS) is 12.4. The molecule has 2 aromatic carbocycles. The Morgan fingerprint density at radius 3 is 2.32 bits per heavy atom. The summed E-state index contributed by atoms with van der Waals surface area (Å²) in [6.45, 7) is 0.640. The summed E-state index contributed by atoms with van der Waals surface area (Å²) < 4.78 is 39.5. The number of aliphatic hydroxyl groups excluding tert-OH is 1. The van der Waals surface area contributed by atoms with Crippen molar-refractivity contribution in [3.63, 3.8) is 0 Å². The highest BCUT2D eigenvalue weighted by Gasteiger charge is 2.12. The molecule has 0 heterocycles. The predicted octanol–water partition coefficient (Wildman–Crippen LogP) is 3.36. The third-order valence-electron chi connectivity index (χ3n) is 3.54. The maximum atomic E-state index is 13.5. The lowest BCUT2D eigenvalue weighted by atomic mass is 9.96. The highest BCUT2D eigenvalue weighted by atomic mass is 19.2. The standard InChI is InChI=1S/C17H18F3NO/c18-15-9-17(20)16(19)8-14(15)11-21-10-13(6-7-22)12-4-2-1-3-5-12/h1-5,8-9,13,21-22H,6-7,10-11H2. The molecule has 2 aromatic rings. The quantitative estimate of drug-likeness (QED) is 0.769. The molecule has 0 saturated heterocycles. The van der Waals surface area contributed by atoms with Crippen molar-refractivity contribution in [2.75, 3.05) is 13.2 Å². The summed E-state index contributed by atoms with van der Waals surface area (Å²) in [5, 5.41) is 12.2. The molecule has 1 unspecified atom stereocenters. The fraction of sp³-hybridized carbons (Fsp3) is 0.294. The summed E-state index contributed by atoms with van der Waals surface area (Å²) in [6, 6.07) is 11.1. The highest BCUT2D eigenvalue weighted by Crippen LogP contribution is 2.19. The number of hydrogen-bond acceptors (Lipinski definition) is 2. The van der Waals surface area contributed by atoms with Crippen LogP contribution in [0, 0.1) is 17.5 Å². The maximum absolute atomic E-state index is 13.5. The van der Waals surface area contributed by atoms with Crippen LogP contribution in [0.25, 0.3) is 0 Å². The van der Waals surface area contributed by atoms with Crippen molar-refractivity contribution in [3.05, 3.63) is 71.0 Å². The van der Waals surface area contributed by atoms with Crippen molar-refractivity contribution in [2.24, 2.45) is 0 Å². The van der Waals surface area contributed by atoms with Crippen molar-refractivity contribution < 1.29 is 18.3 Å². The van der Waals surface area contributed by atoms with Crippen molar-refractivity contribution >= 4 is 0 Å². The Morgan fingerprint density at radius 2 is 1.64 bits per heavy atom. The van der Waals surface area contributed by atoms with E-state index in [2.05, 4.69) is 5.32 Å². The van der Waals surface area contributed by atoms with Gasteiger partial charge in [-0.05, 0) is 24.0 Å². The molecule has 0 amide bonds. The molecular formula is C17H18F3NO. The Labute approximate surface area is 127 Å². The lowest BCUT2D eigenvalue weighted by Crippen LogP contribution is -2.22. The second-order valence-corrected chi connectivity index (χ2v) is 5.11. The number of aliphatic hydroxyl groups is 1. The smallest absolute Gasteiger partial charge is 0.161 e. The molecule has 5 heteroatoms. The first-order chi connectivity index (χ1) is 10.6.